The van der Waals surface area contributed by atoms with E-state index in [1.54, 1.807) is 7.11 Å². The summed E-state index contributed by atoms with van der Waals surface area (Å²) < 4.78 is 5.61. The summed E-state index contributed by atoms with van der Waals surface area (Å²) in [6, 6.07) is 10.5. The third-order valence-corrected chi connectivity index (χ3v) is 5.17. The fraction of sp³-hybridized carbons (Fsp3) is 0.250. The first-order valence-electron chi connectivity index (χ1n) is 9.88. The highest BCUT2D eigenvalue weighted by Crippen LogP contribution is 2.36. The van der Waals surface area contributed by atoms with Crippen molar-refractivity contribution in [2.45, 2.75) is 32.2 Å². The van der Waals surface area contributed by atoms with Gasteiger partial charge in [0.15, 0.2) is 0 Å². The van der Waals surface area contributed by atoms with E-state index < -0.39 is 0 Å². The summed E-state index contributed by atoms with van der Waals surface area (Å²) in [6.07, 6.45) is 11.1. The maximum atomic E-state index is 6.17. The van der Waals surface area contributed by atoms with E-state index in [-0.39, 0.29) is 12.0 Å². The molecule has 0 amide bonds. The molecule has 0 spiro atoms. The maximum Gasteiger partial charge on any atom is 0.137 e. The molecular weight excluding hydrogens is 360 g/mol. The number of rotatable bonds is 5. The van der Waals surface area contributed by atoms with Gasteiger partial charge in [0, 0.05) is 40.9 Å². The molecule has 1 aliphatic carbocycles. The smallest absolute Gasteiger partial charge is 0.137 e. The van der Waals surface area contributed by atoms with Crippen molar-refractivity contribution < 1.29 is 4.74 Å². The van der Waals surface area contributed by atoms with Crippen molar-refractivity contribution in [3.8, 4) is 11.1 Å². The molecule has 148 valence electrons. The van der Waals surface area contributed by atoms with E-state index in [1.165, 1.54) is 5.56 Å². The molecular formula is C24H26N4O. The molecule has 1 aromatic carbocycles. The van der Waals surface area contributed by atoms with Crippen molar-refractivity contribution in [3.05, 3.63) is 77.8 Å². The summed E-state index contributed by atoms with van der Waals surface area (Å²) in [6.45, 7) is 4.04. The Balaban J connectivity index is 1.75. The van der Waals surface area contributed by atoms with Gasteiger partial charge in [0.1, 0.15) is 17.2 Å². The van der Waals surface area contributed by atoms with Crippen molar-refractivity contribution >= 4 is 16.9 Å². The van der Waals surface area contributed by atoms with Crippen LogP contribution in [0.3, 0.4) is 0 Å². The highest BCUT2D eigenvalue weighted by molar-refractivity contribution is 5.98. The van der Waals surface area contributed by atoms with Crippen LogP contribution >= 0.6 is 0 Å². The minimum atomic E-state index is 0.159. The Morgan fingerprint density at radius 2 is 2.14 bits per heavy atom. The normalized spacial score (nSPS) is 17.0. The lowest BCUT2D eigenvalue weighted by atomic mass is 9.90. The molecule has 0 saturated heterocycles. The minimum Gasteiger partial charge on any atom is -0.500 e. The van der Waals surface area contributed by atoms with Crippen LogP contribution < -0.4 is 5.73 Å². The number of pyridine rings is 1. The van der Waals surface area contributed by atoms with Crippen LogP contribution in [-0.4, -0.2) is 29.0 Å². The lowest BCUT2D eigenvalue weighted by Crippen LogP contribution is -2.15. The molecule has 0 bridgehead atoms. The van der Waals surface area contributed by atoms with E-state index in [0.29, 0.717) is 5.84 Å². The molecule has 3 aromatic rings. The highest BCUT2D eigenvalue weighted by atomic mass is 16.5. The Morgan fingerprint density at radius 3 is 2.93 bits per heavy atom. The van der Waals surface area contributed by atoms with E-state index >= 15 is 0 Å². The lowest BCUT2D eigenvalue weighted by Gasteiger charge is -2.20. The number of fused-ring (bicyclic) bond motifs is 1. The third-order valence-electron chi connectivity index (χ3n) is 5.17. The van der Waals surface area contributed by atoms with Gasteiger partial charge in [-0.15, -0.1) is 0 Å². The van der Waals surface area contributed by atoms with E-state index in [4.69, 9.17) is 10.5 Å². The largest absolute Gasteiger partial charge is 0.500 e. The van der Waals surface area contributed by atoms with Crippen LogP contribution in [0.4, 0.5) is 0 Å². The van der Waals surface area contributed by atoms with Crippen molar-refractivity contribution in [2.75, 3.05) is 7.11 Å². The number of aliphatic imine (C=N–C) groups is 1. The SMILES string of the molecule is COC1=CC=CCC1c1c[nH]c2ncc(-c3cccc(C(N)=NC(C)C)c3)cc12. The van der Waals surface area contributed by atoms with Gasteiger partial charge in [0.25, 0.3) is 0 Å². The Bertz CT molecular complexity index is 1120. The van der Waals surface area contributed by atoms with Crippen LogP contribution in [0.25, 0.3) is 22.2 Å². The predicted molar refractivity (Wildman–Crippen MR) is 119 cm³/mol. The first-order valence-corrected chi connectivity index (χ1v) is 9.88. The minimum absolute atomic E-state index is 0.159. The predicted octanol–water partition coefficient (Wildman–Crippen LogP) is 4.92. The molecule has 5 nitrogen and oxygen atoms in total. The van der Waals surface area contributed by atoms with Crippen molar-refractivity contribution in [1.82, 2.24) is 9.97 Å². The average molecular weight is 386 g/mol. The maximum absolute atomic E-state index is 6.17. The summed E-state index contributed by atoms with van der Waals surface area (Å²) in [7, 11) is 1.73. The fourth-order valence-electron chi connectivity index (χ4n) is 3.78. The van der Waals surface area contributed by atoms with E-state index in [2.05, 4.69) is 39.2 Å². The Kier molecular flexibility index (Phi) is 5.21. The standard InChI is InChI=1S/C24H26N4O/c1-15(2)28-23(25)17-8-6-7-16(11-17)18-12-20-21(14-27-24(20)26-13-18)19-9-4-5-10-22(19)29-3/h4-8,10-15,19H,9H2,1-3H3,(H2,25,28)(H,26,27). The average Bonchev–Trinajstić information content (AvgIpc) is 3.16. The number of nitrogens with zero attached hydrogens (tertiary/aromatic N) is 2. The number of nitrogens with two attached hydrogens (primary N) is 1. The zero-order valence-corrected chi connectivity index (χ0v) is 17.0. The zero-order chi connectivity index (χ0) is 20.4. The summed E-state index contributed by atoms with van der Waals surface area (Å²) in [5.41, 5.74) is 11.3. The number of aromatic amines is 1. The van der Waals surface area contributed by atoms with Gasteiger partial charge < -0.3 is 15.5 Å². The fourth-order valence-corrected chi connectivity index (χ4v) is 3.78. The molecule has 0 radical (unpaired) electrons. The molecule has 3 N–H and O–H groups in total. The zero-order valence-electron chi connectivity index (χ0n) is 17.0. The van der Waals surface area contributed by atoms with Crippen molar-refractivity contribution in [3.63, 3.8) is 0 Å². The Morgan fingerprint density at radius 1 is 1.28 bits per heavy atom. The van der Waals surface area contributed by atoms with Crippen LogP contribution in [0, 0.1) is 0 Å². The van der Waals surface area contributed by atoms with Gasteiger partial charge in [-0.05, 0) is 49.6 Å². The van der Waals surface area contributed by atoms with Gasteiger partial charge in [-0.3, -0.25) is 4.99 Å². The Hall–Kier alpha value is -3.34. The van der Waals surface area contributed by atoms with Gasteiger partial charge in [0.2, 0.25) is 0 Å². The second-order valence-corrected chi connectivity index (χ2v) is 7.54. The van der Waals surface area contributed by atoms with Crippen LogP contribution in [0.1, 0.15) is 37.3 Å². The number of amidine groups is 1. The van der Waals surface area contributed by atoms with Crippen LogP contribution in [0.2, 0.25) is 0 Å². The second-order valence-electron chi connectivity index (χ2n) is 7.54. The molecule has 2 heterocycles. The Labute approximate surface area is 171 Å². The molecule has 0 fully saturated rings. The van der Waals surface area contributed by atoms with Crippen LogP contribution in [0.15, 0.2) is 71.7 Å². The van der Waals surface area contributed by atoms with Crippen LogP contribution in [0.5, 0.6) is 0 Å². The van der Waals surface area contributed by atoms with Crippen molar-refractivity contribution in [2.24, 2.45) is 10.7 Å². The second kappa shape index (κ2) is 7.95. The molecule has 4 rings (SSSR count). The number of benzene rings is 1. The number of H-pyrrole nitrogens is 1. The van der Waals surface area contributed by atoms with Crippen molar-refractivity contribution in [1.29, 1.82) is 0 Å². The molecule has 0 saturated carbocycles. The number of allylic oxidation sites excluding steroid dienone is 4. The van der Waals surface area contributed by atoms with Gasteiger partial charge in [-0.1, -0.05) is 30.4 Å². The molecule has 2 aromatic heterocycles. The van der Waals surface area contributed by atoms with Gasteiger partial charge in [-0.25, -0.2) is 4.98 Å². The molecule has 0 aliphatic heterocycles. The topological polar surface area (TPSA) is 76.3 Å². The van der Waals surface area contributed by atoms with Gasteiger partial charge >= 0.3 is 0 Å². The first kappa shape index (κ1) is 19.0. The summed E-state index contributed by atoms with van der Waals surface area (Å²) >= 11 is 0. The first-order chi connectivity index (χ1) is 14.1. The molecule has 1 unspecified atom stereocenters. The number of hydrogen-bond acceptors (Lipinski definition) is 3. The van der Waals surface area contributed by atoms with Gasteiger partial charge in [0.05, 0.1) is 7.11 Å². The number of nitrogens with one attached hydrogen (secondary N) is 1. The summed E-state index contributed by atoms with van der Waals surface area (Å²) in [5.74, 6) is 1.72. The monoisotopic (exact) mass is 386 g/mol. The lowest BCUT2D eigenvalue weighted by molar-refractivity contribution is 0.263. The molecule has 1 atom stereocenters. The highest BCUT2D eigenvalue weighted by Gasteiger charge is 2.22. The van der Waals surface area contributed by atoms with E-state index in [0.717, 1.165) is 39.9 Å². The number of hydrogen-bond donors (Lipinski definition) is 2. The third kappa shape index (κ3) is 3.81. The van der Waals surface area contributed by atoms with E-state index in [1.807, 2.05) is 50.5 Å². The van der Waals surface area contributed by atoms with Gasteiger partial charge in [-0.2, -0.15) is 0 Å². The number of aromatic nitrogens is 2. The number of methoxy groups -OCH3 is 1. The van der Waals surface area contributed by atoms with Crippen LogP contribution in [-0.2, 0) is 4.74 Å². The summed E-state index contributed by atoms with van der Waals surface area (Å²) in [5, 5.41) is 1.11. The number of ether oxygens (including phenoxy) is 1. The molecule has 1 aliphatic rings. The summed E-state index contributed by atoms with van der Waals surface area (Å²) in [4.78, 5) is 12.4. The quantitative estimate of drug-likeness (QED) is 0.483. The molecule has 5 heteroatoms. The molecule has 29 heavy (non-hydrogen) atoms. The van der Waals surface area contributed by atoms with E-state index in [9.17, 15) is 0 Å².